The lowest BCUT2D eigenvalue weighted by Gasteiger charge is -2.39. The third-order valence-corrected chi connectivity index (χ3v) is 3.46. The van der Waals surface area contributed by atoms with E-state index in [1.165, 1.54) is 0 Å². The molecule has 4 nitrogen and oxygen atoms in total. The number of hydrogen-bond donors (Lipinski definition) is 1. The summed E-state index contributed by atoms with van der Waals surface area (Å²) >= 11 is 0. The second-order valence-electron chi connectivity index (χ2n) is 7.08. The maximum atomic E-state index is 12.2. The van der Waals surface area contributed by atoms with Gasteiger partial charge in [-0.05, 0) is 52.4 Å². The molecule has 1 fully saturated rings. The molecule has 0 radical (unpaired) electrons. The molecule has 1 rings (SSSR count). The van der Waals surface area contributed by atoms with Gasteiger partial charge in [0.15, 0.2) is 0 Å². The van der Waals surface area contributed by atoms with Crippen LogP contribution in [0.1, 0.15) is 60.3 Å². The maximum absolute atomic E-state index is 12.2. The van der Waals surface area contributed by atoms with Crippen LogP contribution >= 0.6 is 0 Å². The molecular weight excluding hydrogens is 240 g/mol. The topological polar surface area (TPSA) is 55.6 Å². The molecular formula is C15H30N2O2. The third kappa shape index (κ3) is 5.81. The number of piperidine rings is 1. The van der Waals surface area contributed by atoms with Gasteiger partial charge < -0.3 is 15.4 Å². The lowest BCUT2D eigenvalue weighted by Crippen LogP contribution is -2.51. The standard InChI is InChI=1S/C15H30N2O2/c1-11(2)6-7-13-10-12(16)8-9-17(13)14(18)19-15(3,4)5/h11-13H,6-10,16H2,1-5H3. The van der Waals surface area contributed by atoms with Crippen molar-refractivity contribution in [2.24, 2.45) is 11.7 Å². The highest BCUT2D eigenvalue weighted by Gasteiger charge is 2.32. The molecule has 2 atom stereocenters. The number of likely N-dealkylation sites (tertiary alicyclic amines) is 1. The molecule has 1 heterocycles. The first kappa shape index (κ1) is 16.3. The molecule has 0 spiro atoms. The van der Waals surface area contributed by atoms with E-state index in [1.54, 1.807) is 0 Å². The summed E-state index contributed by atoms with van der Waals surface area (Å²) in [6, 6.07) is 0.455. The fraction of sp³-hybridized carbons (Fsp3) is 0.933. The van der Waals surface area contributed by atoms with Gasteiger partial charge in [-0.2, -0.15) is 0 Å². The van der Waals surface area contributed by atoms with E-state index in [0.29, 0.717) is 5.92 Å². The van der Waals surface area contributed by atoms with Crippen molar-refractivity contribution in [2.75, 3.05) is 6.54 Å². The molecule has 2 N–H and O–H groups in total. The first-order valence-corrected chi connectivity index (χ1v) is 7.44. The Kier molecular flexibility index (Phi) is 5.65. The summed E-state index contributed by atoms with van der Waals surface area (Å²) in [7, 11) is 0. The number of ether oxygens (including phenoxy) is 1. The minimum absolute atomic E-state index is 0.187. The van der Waals surface area contributed by atoms with E-state index in [-0.39, 0.29) is 18.2 Å². The number of nitrogens with zero attached hydrogens (tertiary/aromatic N) is 1. The minimum Gasteiger partial charge on any atom is -0.444 e. The largest absolute Gasteiger partial charge is 0.444 e. The van der Waals surface area contributed by atoms with E-state index in [1.807, 2.05) is 25.7 Å². The predicted molar refractivity (Wildman–Crippen MR) is 78.0 cm³/mol. The van der Waals surface area contributed by atoms with E-state index < -0.39 is 5.60 Å². The molecule has 0 aliphatic carbocycles. The molecule has 1 saturated heterocycles. The van der Waals surface area contributed by atoms with Crippen LogP contribution in [-0.2, 0) is 4.74 Å². The minimum atomic E-state index is -0.431. The van der Waals surface area contributed by atoms with E-state index >= 15 is 0 Å². The number of hydrogen-bond acceptors (Lipinski definition) is 3. The number of amides is 1. The third-order valence-electron chi connectivity index (χ3n) is 3.46. The highest BCUT2D eigenvalue weighted by Crippen LogP contribution is 2.24. The Morgan fingerprint density at radius 2 is 2.05 bits per heavy atom. The van der Waals surface area contributed by atoms with Crippen LogP contribution in [-0.4, -0.2) is 35.2 Å². The van der Waals surface area contributed by atoms with Crippen molar-refractivity contribution >= 4 is 6.09 Å². The van der Waals surface area contributed by atoms with E-state index in [0.717, 1.165) is 32.2 Å². The fourth-order valence-electron chi connectivity index (χ4n) is 2.44. The van der Waals surface area contributed by atoms with Crippen LogP contribution in [0.5, 0.6) is 0 Å². The molecule has 112 valence electrons. The van der Waals surface area contributed by atoms with Crippen LogP contribution in [0.4, 0.5) is 4.79 Å². The van der Waals surface area contributed by atoms with Gasteiger partial charge in [-0.25, -0.2) is 4.79 Å². The van der Waals surface area contributed by atoms with Crippen molar-refractivity contribution < 1.29 is 9.53 Å². The van der Waals surface area contributed by atoms with Gasteiger partial charge in [-0.1, -0.05) is 13.8 Å². The summed E-state index contributed by atoms with van der Waals surface area (Å²) in [5, 5.41) is 0. The van der Waals surface area contributed by atoms with Gasteiger partial charge in [0.25, 0.3) is 0 Å². The summed E-state index contributed by atoms with van der Waals surface area (Å²) in [5.74, 6) is 0.652. The monoisotopic (exact) mass is 270 g/mol. The number of rotatable bonds is 3. The van der Waals surface area contributed by atoms with Crippen LogP contribution in [0, 0.1) is 5.92 Å². The molecule has 1 aliphatic rings. The van der Waals surface area contributed by atoms with Crippen molar-refractivity contribution in [3.05, 3.63) is 0 Å². The lowest BCUT2D eigenvalue weighted by molar-refractivity contribution is 0.00667. The highest BCUT2D eigenvalue weighted by molar-refractivity contribution is 5.68. The molecule has 1 amide bonds. The Bertz CT molecular complexity index is 297. The average Bonchev–Trinajstić information content (AvgIpc) is 2.23. The number of carbonyl (C=O) groups is 1. The van der Waals surface area contributed by atoms with Gasteiger partial charge in [0.1, 0.15) is 5.60 Å². The van der Waals surface area contributed by atoms with Gasteiger partial charge in [-0.3, -0.25) is 0 Å². The summed E-state index contributed by atoms with van der Waals surface area (Å²) in [6.45, 7) is 10.9. The van der Waals surface area contributed by atoms with Crippen LogP contribution in [0.2, 0.25) is 0 Å². The van der Waals surface area contributed by atoms with Crippen molar-refractivity contribution in [1.29, 1.82) is 0 Å². The SMILES string of the molecule is CC(C)CCC1CC(N)CCN1C(=O)OC(C)(C)C. The van der Waals surface area contributed by atoms with Gasteiger partial charge in [0.05, 0.1) is 0 Å². The van der Waals surface area contributed by atoms with Crippen molar-refractivity contribution in [1.82, 2.24) is 4.90 Å². The summed E-state index contributed by atoms with van der Waals surface area (Å²) in [4.78, 5) is 14.1. The van der Waals surface area contributed by atoms with Crippen LogP contribution in [0.15, 0.2) is 0 Å². The molecule has 1 aliphatic heterocycles. The molecule has 19 heavy (non-hydrogen) atoms. The van der Waals surface area contributed by atoms with Crippen molar-refractivity contribution in [3.8, 4) is 0 Å². The van der Waals surface area contributed by atoms with E-state index in [4.69, 9.17) is 10.5 Å². The van der Waals surface area contributed by atoms with Gasteiger partial charge in [0, 0.05) is 18.6 Å². The molecule has 0 bridgehead atoms. The second-order valence-corrected chi connectivity index (χ2v) is 7.08. The zero-order chi connectivity index (χ0) is 14.6. The number of nitrogens with two attached hydrogens (primary N) is 1. The molecule has 0 aromatic heterocycles. The Morgan fingerprint density at radius 3 is 2.58 bits per heavy atom. The van der Waals surface area contributed by atoms with Gasteiger partial charge in [-0.15, -0.1) is 0 Å². The van der Waals surface area contributed by atoms with Crippen LogP contribution in [0.25, 0.3) is 0 Å². The van der Waals surface area contributed by atoms with Crippen LogP contribution < -0.4 is 5.73 Å². The predicted octanol–water partition coefficient (Wildman–Crippen LogP) is 3.15. The van der Waals surface area contributed by atoms with Crippen LogP contribution in [0.3, 0.4) is 0 Å². The summed E-state index contributed by atoms with van der Waals surface area (Å²) < 4.78 is 5.50. The van der Waals surface area contributed by atoms with Crippen molar-refractivity contribution in [3.63, 3.8) is 0 Å². The average molecular weight is 270 g/mol. The quantitative estimate of drug-likeness (QED) is 0.857. The van der Waals surface area contributed by atoms with Gasteiger partial charge >= 0.3 is 6.09 Å². The zero-order valence-corrected chi connectivity index (χ0v) is 13.1. The Hall–Kier alpha value is -0.770. The van der Waals surface area contributed by atoms with Gasteiger partial charge in [0.2, 0.25) is 0 Å². The Balaban J connectivity index is 2.63. The first-order valence-electron chi connectivity index (χ1n) is 7.44. The van der Waals surface area contributed by atoms with E-state index in [2.05, 4.69) is 13.8 Å². The molecule has 2 unspecified atom stereocenters. The first-order chi connectivity index (χ1) is 8.69. The lowest BCUT2D eigenvalue weighted by atomic mass is 9.92. The molecule has 0 saturated carbocycles. The number of carbonyl (C=O) groups excluding carboxylic acids is 1. The Labute approximate surface area is 117 Å². The smallest absolute Gasteiger partial charge is 0.410 e. The fourth-order valence-corrected chi connectivity index (χ4v) is 2.44. The molecule has 0 aromatic carbocycles. The van der Waals surface area contributed by atoms with E-state index in [9.17, 15) is 4.79 Å². The Morgan fingerprint density at radius 1 is 1.42 bits per heavy atom. The molecule has 4 heteroatoms. The normalized spacial score (nSPS) is 24.7. The van der Waals surface area contributed by atoms with Crippen molar-refractivity contribution in [2.45, 2.75) is 78.0 Å². The summed E-state index contributed by atoms with van der Waals surface area (Å²) in [5.41, 5.74) is 5.61. The summed E-state index contributed by atoms with van der Waals surface area (Å²) in [6.07, 6.45) is 3.72. The maximum Gasteiger partial charge on any atom is 0.410 e. The molecule has 0 aromatic rings. The second kappa shape index (κ2) is 6.60. The zero-order valence-electron chi connectivity index (χ0n) is 13.1. The highest BCUT2D eigenvalue weighted by atomic mass is 16.6.